The summed E-state index contributed by atoms with van der Waals surface area (Å²) < 4.78 is 26.6. The zero-order valence-electron chi connectivity index (χ0n) is 13.3. The minimum Gasteiger partial charge on any atom is -0.270 e. The highest BCUT2D eigenvalue weighted by molar-refractivity contribution is 7.89. The van der Waals surface area contributed by atoms with E-state index in [4.69, 9.17) is 0 Å². The van der Waals surface area contributed by atoms with Crippen LogP contribution in [0.3, 0.4) is 0 Å². The van der Waals surface area contributed by atoms with Crippen LogP contribution in [0.25, 0.3) is 0 Å². The first kappa shape index (κ1) is 16.4. The van der Waals surface area contributed by atoms with E-state index in [-0.39, 0.29) is 10.8 Å². The summed E-state index contributed by atoms with van der Waals surface area (Å²) in [5.41, 5.74) is 1.04. The van der Waals surface area contributed by atoms with Crippen LogP contribution in [0.15, 0.2) is 70.7 Å². The molecule has 0 radical (unpaired) electrons. The van der Waals surface area contributed by atoms with E-state index >= 15 is 0 Å². The number of amides is 1. The molecule has 0 spiro atoms. The standard InChI is InChI=1S/C17H17N3O3S/c1-13-16(17(21)20(18-13)14-9-5-3-6-10-14)19(2)24(22,23)15-11-7-4-8-12-15/h3-12,16H,1-2H3. The van der Waals surface area contributed by atoms with Gasteiger partial charge in [0.2, 0.25) is 10.0 Å². The Kier molecular flexibility index (Phi) is 4.21. The molecule has 24 heavy (non-hydrogen) atoms. The molecule has 0 aliphatic carbocycles. The van der Waals surface area contributed by atoms with Crippen LogP contribution in [0.1, 0.15) is 6.92 Å². The summed E-state index contributed by atoms with van der Waals surface area (Å²) in [4.78, 5) is 12.9. The molecule has 1 aliphatic heterocycles. The van der Waals surface area contributed by atoms with Crippen molar-refractivity contribution in [1.82, 2.24) is 4.31 Å². The molecule has 0 saturated carbocycles. The number of sulfonamides is 1. The Labute approximate surface area is 141 Å². The number of carbonyl (C=O) groups excluding carboxylic acids is 1. The summed E-state index contributed by atoms with van der Waals surface area (Å²) in [6.07, 6.45) is 0. The number of para-hydroxylation sites is 1. The Bertz CT molecular complexity index is 880. The summed E-state index contributed by atoms with van der Waals surface area (Å²) in [5, 5.41) is 5.49. The Morgan fingerprint density at radius 1 is 1.00 bits per heavy atom. The van der Waals surface area contributed by atoms with Crippen LogP contribution < -0.4 is 5.01 Å². The fraction of sp³-hybridized carbons (Fsp3) is 0.176. The quantitative estimate of drug-likeness (QED) is 0.853. The molecule has 0 fully saturated rings. The van der Waals surface area contributed by atoms with Crippen LogP contribution >= 0.6 is 0 Å². The van der Waals surface area contributed by atoms with Crippen LogP contribution in [-0.4, -0.2) is 37.4 Å². The van der Waals surface area contributed by atoms with Crippen LogP contribution in [0, 0.1) is 0 Å². The third kappa shape index (κ3) is 2.72. The SMILES string of the molecule is CC1=NN(c2ccccc2)C(=O)C1N(C)S(=O)(=O)c1ccccc1. The summed E-state index contributed by atoms with van der Waals surface area (Å²) >= 11 is 0. The molecule has 1 heterocycles. The molecular formula is C17H17N3O3S. The second-order valence-corrected chi connectivity index (χ2v) is 7.46. The molecule has 0 bridgehead atoms. The van der Waals surface area contributed by atoms with Crippen molar-refractivity contribution < 1.29 is 13.2 Å². The zero-order chi connectivity index (χ0) is 17.3. The highest BCUT2D eigenvalue weighted by Crippen LogP contribution is 2.25. The number of anilines is 1. The van der Waals surface area contributed by atoms with Crippen molar-refractivity contribution >= 4 is 27.3 Å². The Balaban J connectivity index is 1.93. The molecule has 2 aromatic carbocycles. The zero-order valence-corrected chi connectivity index (χ0v) is 14.1. The smallest absolute Gasteiger partial charge is 0.270 e. The van der Waals surface area contributed by atoms with Gasteiger partial charge in [0, 0.05) is 7.05 Å². The maximum atomic E-state index is 12.8. The lowest BCUT2D eigenvalue weighted by Gasteiger charge is -2.23. The first-order valence-corrected chi connectivity index (χ1v) is 8.84. The first-order chi connectivity index (χ1) is 11.4. The molecule has 1 aliphatic rings. The Morgan fingerprint density at radius 2 is 1.54 bits per heavy atom. The summed E-state index contributed by atoms with van der Waals surface area (Å²) in [7, 11) is -2.39. The molecule has 1 atom stereocenters. The molecule has 6 nitrogen and oxygen atoms in total. The molecular weight excluding hydrogens is 326 g/mol. The predicted molar refractivity (Wildman–Crippen MR) is 92.2 cm³/mol. The van der Waals surface area contributed by atoms with E-state index < -0.39 is 16.1 Å². The molecule has 1 unspecified atom stereocenters. The van der Waals surface area contributed by atoms with Gasteiger partial charge in [0.25, 0.3) is 5.91 Å². The molecule has 1 amide bonds. The van der Waals surface area contributed by atoms with Gasteiger partial charge in [-0.1, -0.05) is 36.4 Å². The summed E-state index contributed by atoms with van der Waals surface area (Å²) in [6, 6.07) is 16.0. The van der Waals surface area contributed by atoms with Gasteiger partial charge >= 0.3 is 0 Å². The lowest BCUT2D eigenvalue weighted by atomic mass is 10.2. The molecule has 7 heteroatoms. The van der Waals surface area contributed by atoms with Crippen molar-refractivity contribution in [1.29, 1.82) is 0 Å². The van der Waals surface area contributed by atoms with Gasteiger partial charge in [-0.25, -0.2) is 8.42 Å². The van der Waals surface area contributed by atoms with E-state index in [1.807, 2.05) is 6.07 Å². The van der Waals surface area contributed by atoms with Crippen molar-refractivity contribution in [3.63, 3.8) is 0 Å². The number of nitrogens with zero attached hydrogens (tertiary/aromatic N) is 3. The number of hydrazone groups is 1. The van der Waals surface area contributed by atoms with E-state index in [0.29, 0.717) is 11.4 Å². The fourth-order valence-corrected chi connectivity index (χ4v) is 3.98. The minimum atomic E-state index is -3.79. The predicted octanol–water partition coefficient (Wildman–Crippen LogP) is 2.10. The number of hydrogen-bond donors (Lipinski definition) is 0. The van der Waals surface area contributed by atoms with Gasteiger partial charge < -0.3 is 0 Å². The van der Waals surface area contributed by atoms with E-state index in [0.717, 1.165) is 4.31 Å². The van der Waals surface area contributed by atoms with Gasteiger partial charge in [-0.15, -0.1) is 0 Å². The average molecular weight is 343 g/mol. The first-order valence-electron chi connectivity index (χ1n) is 7.40. The maximum absolute atomic E-state index is 12.8. The highest BCUT2D eigenvalue weighted by atomic mass is 32.2. The minimum absolute atomic E-state index is 0.145. The largest absolute Gasteiger partial charge is 0.271 e. The van der Waals surface area contributed by atoms with Gasteiger partial charge in [0.1, 0.15) is 6.04 Å². The summed E-state index contributed by atoms with van der Waals surface area (Å²) in [6.45, 7) is 1.66. The van der Waals surface area contributed by atoms with E-state index in [1.165, 1.54) is 24.2 Å². The van der Waals surface area contributed by atoms with Crippen molar-refractivity contribution in [3.05, 3.63) is 60.7 Å². The second kappa shape index (κ2) is 6.18. The lowest BCUT2D eigenvalue weighted by molar-refractivity contribution is -0.119. The normalized spacial score (nSPS) is 18.1. The maximum Gasteiger partial charge on any atom is 0.271 e. The number of carbonyl (C=O) groups is 1. The van der Waals surface area contributed by atoms with Crippen molar-refractivity contribution in [2.75, 3.05) is 12.1 Å². The Morgan fingerprint density at radius 3 is 2.12 bits per heavy atom. The molecule has 2 aromatic rings. The van der Waals surface area contributed by atoms with Gasteiger partial charge in [-0.05, 0) is 31.2 Å². The monoisotopic (exact) mass is 343 g/mol. The molecule has 0 N–H and O–H groups in total. The number of rotatable bonds is 4. The van der Waals surface area contributed by atoms with Crippen LogP contribution in [-0.2, 0) is 14.8 Å². The van der Waals surface area contributed by atoms with Crippen LogP contribution in [0.4, 0.5) is 5.69 Å². The van der Waals surface area contributed by atoms with Crippen molar-refractivity contribution in [2.24, 2.45) is 5.10 Å². The van der Waals surface area contributed by atoms with Gasteiger partial charge in [-0.3, -0.25) is 4.79 Å². The number of benzene rings is 2. The van der Waals surface area contributed by atoms with Gasteiger partial charge in [0.15, 0.2) is 0 Å². The lowest BCUT2D eigenvalue weighted by Crippen LogP contribution is -2.46. The van der Waals surface area contributed by atoms with Gasteiger partial charge in [-0.2, -0.15) is 14.4 Å². The van der Waals surface area contributed by atoms with E-state index in [9.17, 15) is 13.2 Å². The van der Waals surface area contributed by atoms with E-state index in [2.05, 4.69) is 5.10 Å². The van der Waals surface area contributed by atoms with E-state index in [1.54, 1.807) is 49.4 Å². The van der Waals surface area contributed by atoms with Crippen molar-refractivity contribution in [2.45, 2.75) is 17.9 Å². The third-order valence-electron chi connectivity index (χ3n) is 3.88. The molecule has 3 rings (SSSR count). The fourth-order valence-electron chi connectivity index (χ4n) is 2.63. The Hall–Kier alpha value is -2.51. The second-order valence-electron chi connectivity index (χ2n) is 5.46. The van der Waals surface area contributed by atoms with Gasteiger partial charge in [0.05, 0.1) is 16.3 Å². The number of hydrogen-bond acceptors (Lipinski definition) is 4. The topological polar surface area (TPSA) is 70.1 Å². The third-order valence-corrected chi connectivity index (χ3v) is 5.72. The average Bonchev–Trinajstić information content (AvgIpc) is 2.90. The summed E-state index contributed by atoms with van der Waals surface area (Å²) in [5.74, 6) is -0.388. The molecule has 0 saturated heterocycles. The number of likely N-dealkylation sites (N-methyl/N-ethyl adjacent to an activating group) is 1. The van der Waals surface area contributed by atoms with Crippen molar-refractivity contribution in [3.8, 4) is 0 Å². The molecule has 124 valence electrons. The van der Waals surface area contributed by atoms with Crippen LogP contribution in [0.5, 0.6) is 0 Å². The van der Waals surface area contributed by atoms with Crippen LogP contribution in [0.2, 0.25) is 0 Å². The molecule has 0 aromatic heterocycles. The highest BCUT2D eigenvalue weighted by Gasteiger charge is 2.42.